The SMILES string of the molecule is Cc1cc(-c2c(Br)c(CCN)nn2C)ccc1F. The number of nitrogens with two attached hydrogens (primary N) is 1. The second kappa shape index (κ2) is 5.20. The second-order valence-corrected chi connectivity index (χ2v) is 5.03. The lowest BCUT2D eigenvalue weighted by molar-refractivity contribution is 0.618. The summed E-state index contributed by atoms with van der Waals surface area (Å²) >= 11 is 3.55. The van der Waals surface area contributed by atoms with Crippen molar-refractivity contribution in [2.24, 2.45) is 12.8 Å². The summed E-state index contributed by atoms with van der Waals surface area (Å²) in [5, 5.41) is 4.42. The highest BCUT2D eigenvalue weighted by atomic mass is 79.9. The first-order chi connectivity index (χ1) is 8.54. The van der Waals surface area contributed by atoms with Crippen LogP contribution < -0.4 is 5.73 Å². The molecule has 0 saturated carbocycles. The first-order valence-corrected chi connectivity index (χ1v) is 6.52. The number of halogens is 2. The van der Waals surface area contributed by atoms with Gasteiger partial charge in [0.15, 0.2) is 0 Å². The minimum atomic E-state index is -0.195. The molecule has 0 amide bonds. The molecular formula is C13H15BrFN3. The lowest BCUT2D eigenvalue weighted by atomic mass is 10.1. The summed E-state index contributed by atoms with van der Waals surface area (Å²) in [4.78, 5) is 0. The summed E-state index contributed by atoms with van der Waals surface area (Å²) < 4.78 is 16.0. The van der Waals surface area contributed by atoms with Gasteiger partial charge >= 0.3 is 0 Å². The van der Waals surface area contributed by atoms with E-state index in [1.807, 2.05) is 13.1 Å². The minimum Gasteiger partial charge on any atom is -0.330 e. The van der Waals surface area contributed by atoms with E-state index in [1.165, 1.54) is 6.07 Å². The molecule has 0 fully saturated rings. The van der Waals surface area contributed by atoms with Crippen LogP contribution >= 0.6 is 15.9 Å². The number of benzene rings is 1. The Labute approximate surface area is 114 Å². The predicted molar refractivity (Wildman–Crippen MR) is 73.8 cm³/mol. The van der Waals surface area contributed by atoms with Crippen LogP contribution in [0, 0.1) is 12.7 Å². The van der Waals surface area contributed by atoms with Gasteiger partial charge in [0.25, 0.3) is 0 Å². The summed E-state index contributed by atoms with van der Waals surface area (Å²) in [6.45, 7) is 2.31. The van der Waals surface area contributed by atoms with E-state index in [-0.39, 0.29) is 5.82 Å². The molecule has 2 N–H and O–H groups in total. The Morgan fingerprint density at radius 3 is 2.78 bits per heavy atom. The highest BCUT2D eigenvalue weighted by Crippen LogP contribution is 2.31. The monoisotopic (exact) mass is 311 g/mol. The summed E-state index contributed by atoms with van der Waals surface area (Å²) in [5.74, 6) is -0.195. The number of aromatic nitrogens is 2. The molecule has 2 aromatic rings. The maximum Gasteiger partial charge on any atom is 0.126 e. The van der Waals surface area contributed by atoms with Crippen LogP contribution in [0.4, 0.5) is 4.39 Å². The fourth-order valence-corrected chi connectivity index (χ4v) is 2.72. The molecule has 0 bridgehead atoms. The Balaban J connectivity index is 2.53. The quantitative estimate of drug-likeness (QED) is 0.947. The topological polar surface area (TPSA) is 43.8 Å². The third kappa shape index (κ3) is 2.33. The van der Waals surface area contributed by atoms with Crippen LogP contribution in [0.5, 0.6) is 0 Å². The van der Waals surface area contributed by atoms with Crippen LogP contribution in [0.2, 0.25) is 0 Å². The number of hydrogen-bond donors (Lipinski definition) is 1. The van der Waals surface area contributed by atoms with Crippen LogP contribution in [0.15, 0.2) is 22.7 Å². The largest absolute Gasteiger partial charge is 0.330 e. The fourth-order valence-electron chi connectivity index (χ4n) is 1.96. The van der Waals surface area contributed by atoms with Crippen LogP contribution in [0.25, 0.3) is 11.3 Å². The van der Waals surface area contributed by atoms with Gasteiger partial charge in [-0.25, -0.2) is 4.39 Å². The molecule has 0 unspecified atom stereocenters. The normalized spacial score (nSPS) is 10.9. The van der Waals surface area contributed by atoms with Crippen molar-refractivity contribution >= 4 is 15.9 Å². The smallest absolute Gasteiger partial charge is 0.126 e. The van der Waals surface area contributed by atoms with E-state index in [4.69, 9.17) is 5.73 Å². The molecule has 0 radical (unpaired) electrons. The molecule has 0 spiro atoms. The molecule has 1 heterocycles. The van der Waals surface area contributed by atoms with Crippen molar-refractivity contribution in [3.63, 3.8) is 0 Å². The van der Waals surface area contributed by atoms with Crippen molar-refractivity contribution in [2.45, 2.75) is 13.3 Å². The Kier molecular flexibility index (Phi) is 3.82. The van der Waals surface area contributed by atoms with Gasteiger partial charge in [-0.15, -0.1) is 0 Å². The third-order valence-electron chi connectivity index (χ3n) is 2.87. The number of hydrogen-bond acceptors (Lipinski definition) is 2. The van der Waals surface area contributed by atoms with E-state index in [0.29, 0.717) is 18.5 Å². The zero-order valence-corrected chi connectivity index (χ0v) is 12.0. The molecular weight excluding hydrogens is 297 g/mol. The maximum atomic E-state index is 13.3. The van der Waals surface area contributed by atoms with Crippen molar-refractivity contribution in [3.8, 4) is 11.3 Å². The molecule has 2 rings (SSSR count). The van der Waals surface area contributed by atoms with Gasteiger partial charge in [-0.3, -0.25) is 4.68 Å². The maximum absolute atomic E-state index is 13.3. The summed E-state index contributed by atoms with van der Waals surface area (Å²) in [6, 6.07) is 5.06. The zero-order chi connectivity index (χ0) is 13.3. The highest BCUT2D eigenvalue weighted by Gasteiger charge is 2.15. The molecule has 1 aromatic heterocycles. The van der Waals surface area contributed by atoms with E-state index in [9.17, 15) is 4.39 Å². The Morgan fingerprint density at radius 1 is 1.44 bits per heavy atom. The van der Waals surface area contributed by atoms with Crippen LogP contribution in [-0.2, 0) is 13.5 Å². The van der Waals surface area contributed by atoms with Gasteiger partial charge in [0.05, 0.1) is 15.9 Å². The van der Waals surface area contributed by atoms with Crippen molar-refractivity contribution in [2.75, 3.05) is 6.54 Å². The molecule has 0 saturated heterocycles. The molecule has 0 aliphatic heterocycles. The molecule has 0 aliphatic carbocycles. The first kappa shape index (κ1) is 13.2. The molecule has 18 heavy (non-hydrogen) atoms. The van der Waals surface area contributed by atoms with Crippen molar-refractivity contribution in [1.29, 1.82) is 0 Å². The molecule has 0 aliphatic rings. The predicted octanol–water partition coefficient (Wildman–Crippen LogP) is 2.80. The van der Waals surface area contributed by atoms with Gasteiger partial charge < -0.3 is 5.73 Å². The molecule has 0 atom stereocenters. The highest BCUT2D eigenvalue weighted by molar-refractivity contribution is 9.10. The van der Waals surface area contributed by atoms with E-state index < -0.39 is 0 Å². The van der Waals surface area contributed by atoms with E-state index in [2.05, 4.69) is 21.0 Å². The Hall–Kier alpha value is -1.20. The van der Waals surface area contributed by atoms with Crippen LogP contribution in [0.1, 0.15) is 11.3 Å². The van der Waals surface area contributed by atoms with Crippen molar-refractivity contribution in [3.05, 3.63) is 39.7 Å². The van der Waals surface area contributed by atoms with Crippen LogP contribution in [-0.4, -0.2) is 16.3 Å². The van der Waals surface area contributed by atoms with E-state index in [0.717, 1.165) is 21.4 Å². The number of rotatable bonds is 3. The van der Waals surface area contributed by atoms with Gasteiger partial charge in [-0.1, -0.05) is 0 Å². The average molecular weight is 312 g/mol. The average Bonchev–Trinajstić information content (AvgIpc) is 2.59. The molecule has 3 nitrogen and oxygen atoms in total. The van der Waals surface area contributed by atoms with Crippen molar-refractivity contribution < 1.29 is 4.39 Å². The van der Waals surface area contributed by atoms with Crippen LogP contribution in [0.3, 0.4) is 0 Å². The summed E-state index contributed by atoms with van der Waals surface area (Å²) in [7, 11) is 1.87. The third-order valence-corrected chi connectivity index (χ3v) is 3.70. The number of nitrogens with zero attached hydrogens (tertiary/aromatic N) is 2. The molecule has 1 aromatic carbocycles. The Morgan fingerprint density at radius 2 is 2.17 bits per heavy atom. The fraction of sp³-hybridized carbons (Fsp3) is 0.308. The Bertz CT molecular complexity index is 578. The van der Waals surface area contributed by atoms with Gasteiger partial charge in [-0.05, 0) is 53.2 Å². The summed E-state index contributed by atoms with van der Waals surface area (Å²) in [6.07, 6.45) is 0.717. The second-order valence-electron chi connectivity index (χ2n) is 4.24. The lowest BCUT2D eigenvalue weighted by Gasteiger charge is -2.05. The van der Waals surface area contributed by atoms with E-state index >= 15 is 0 Å². The zero-order valence-electron chi connectivity index (χ0n) is 10.4. The van der Waals surface area contributed by atoms with Crippen molar-refractivity contribution in [1.82, 2.24) is 9.78 Å². The number of aryl methyl sites for hydroxylation is 2. The van der Waals surface area contributed by atoms with E-state index in [1.54, 1.807) is 17.7 Å². The van der Waals surface area contributed by atoms with Gasteiger partial charge in [0.1, 0.15) is 5.82 Å². The van der Waals surface area contributed by atoms with Gasteiger partial charge in [0.2, 0.25) is 0 Å². The van der Waals surface area contributed by atoms with Gasteiger partial charge in [0, 0.05) is 19.0 Å². The first-order valence-electron chi connectivity index (χ1n) is 5.72. The molecule has 5 heteroatoms. The summed E-state index contributed by atoms with van der Waals surface area (Å²) in [5.41, 5.74) is 8.99. The lowest BCUT2D eigenvalue weighted by Crippen LogP contribution is -2.04. The minimum absolute atomic E-state index is 0.195. The molecule has 96 valence electrons. The standard InChI is InChI=1S/C13H15BrFN3/c1-8-7-9(3-4-10(8)15)13-12(14)11(5-6-16)17-18(13)2/h3-4,7H,5-6,16H2,1-2H3. The van der Waals surface area contributed by atoms with Gasteiger partial charge in [-0.2, -0.15) is 5.10 Å².